The van der Waals surface area contributed by atoms with Crippen LogP contribution in [0.4, 0.5) is 0 Å². The highest BCUT2D eigenvalue weighted by atomic mass is 32.1. The number of hydrogen-bond acceptors (Lipinski definition) is 2. The Labute approximate surface area is 87.4 Å². The summed E-state index contributed by atoms with van der Waals surface area (Å²) in [6.07, 6.45) is 0.863. The number of hydrogen-bond donors (Lipinski definition) is 1. The lowest BCUT2D eigenvalue weighted by molar-refractivity contribution is 0.800. The van der Waals surface area contributed by atoms with Crippen LogP contribution in [0.1, 0.15) is 12.7 Å². The predicted molar refractivity (Wildman–Crippen MR) is 58.1 cm³/mol. The second kappa shape index (κ2) is 3.75. The van der Waals surface area contributed by atoms with Crippen LogP contribution in [0.25, 0.3) is 5.69 Å². The van der Waals surface area contributed by atoms with Crippen LogP contribution in [-0.4, -0.2) is 14.8 Å². The fraction of sp³-hybridized carbons (Fsp3) is 0.200. The summed E-state index contributed by atoms with van der Waals surface area (Å²) in [5.74, 6) is 0.959. The largest absolute Gasteiger partial charge is 0.266 e. The maximum Gasteiger partial charge on any atom is 0.213 e. The Hall–Kier alpha value is -1.42. The first kappa shape index (κ1) is 9.15. The van der Waals surface area contributed by atoms with Gasteiger partial charge in [0.15, 0.2) is 0 Å². The van der Waals surface area contributed by atoms with Crippen molar-refractivity contribution >= 4 is 12.2 Å². The summed E-state index contributed by atoms with van der Waals surface area (Å²) in [6, 6.07) is 10.0. The van der Waals surface area contributed by atoms with E-state index in [0.29, 0.717) is 4.77 Å². The molecule has 0 aliphatic heterocycles. The average Bonchev–Trinajstić information content (AvgIpc) is 2.61. The smallest absolute Gasteiger partial charge is 0.213 e. The summed E-state index contributed by atoms with van der Waals surface area (Å²) >= 11 is 5.00. The van der Waals surface area contributed by atoms with Crippen LogP contribution >= 0.6 is 12.2 Å². The standard InChI is InChI=1S/C10H11N3S/c1-2-9-11-10(14)12-13(9)8-6-4-3-5-7-8/h3-7H,2H2,1H3,(H,12,14). The molecule has 2 aromatic rings. The molecule has 0 unspecified atom stereocenters. The van der Waals surface area contributed by atoms with Crippen molar-refractivity contribution in [2.24, 2.45) is 0 Å². The number of aromatic nitrogens is 3. The number of para-hydroxylation sites is 1. The van der Waals surface area contributed by atoms with E-state index in [-0.39, 0.29) is 0 Å². The van der Waals surface area contributed by atoms with Crippen molar-refractivity contribution in [1.29, 1.82) is 0 Å². The molecule has 4 heteroatoms. The third kappa shape index (κ3) is 1.61. The number of aromatic amines is 1. The molecule has 3 nitrogen and oxygen atoms in total. The number of aryl methyl sites for hydroxylation is 1. The van der Waals surface area contributed by atoms with Crippen molar-refractivity contribution in [2.75, 3.05) is 0 Å². The quantitative estimate of drug-likeness (QED) is 0.764. The van der Waals surface area contributed by atoms with Crippen LogP contribution in [0, 0.1) is 4.77 Å². The summed E-state index contributed by atoms with van der Waals surface area (Å²) in [6.45, 7) is 2.06. The minimum Gasteiger partial charge on any atom is -0.266 e. The zero-order valence-electron chi connectivity index (χ0n) is 7.90. The molecule has 0 radical (unpaired) electrons. The second-order valence-corrected chi connectivity index (χ2v) is 3.36. The van der Waals surface area contributed by atoms with Gasteiger partial charge < -0.3 is 0 Å². The third-order valence-corrected chi connectivity index (χ3v) is 2.21. The van der Waals surface area contributed by atoms with Gasteiger partial charge in [0.25, 0.3) is 0 Å². The molecule has 0 amide bonds. The molecular weight excluding hydrogens is 194 g/mol. The van der Waals surface area contributed by atoms with Gasteiger partial charge in [0.2, 0.25) is 4.77 Å². The van der Waals surface area contributed by atoms with Crippen molar-refractivity contribution in [3.05, 3.63) is 40.9 Å². The van der Waals surface area contributed by atoms with E-state index in [1.54, 1.807) is 0 Å². The van der Waals surface area contributed by atoms with E-state index in [1.807, 2.05) is 35.0 Å². The van der Waals surface area contributed by atoms with Gasteiger partial charge >= 0.3 is 0 Å². The Morgan fingerprint density at radius 1 is 1.36 bits per heavy atom. The Balaban J connectivity index is 2.56. The molecule has 1 aromatic carbocycles. The molecule has 1 aromatic heterocycles. The lowest BCUT2D eigenvalue weighted by Crippen LogP contribution is -2.01. The molecule has 0 aliphatic rings. The van der Waals surface area contributed by atoms with Crippen molar-refractivity contribution < 1.29 is 0 Å². The maximum atomic E-state index is 5.00. The average molecular weight is 205 g/mol. The lowest BCUT2D eigenvalue weighted by Gasteiger charge is -2.04. The van der Waals surface area contributed by atoms with Gasteiger partial charge in [-0.1, -0.05) is 25.1 Å². The molecule has 72 valence electrons. The highest BCUT2D eigenvalue weighted by molar-refractivity contribution is 7.71. The van der Waals surface area contributed by atoms with Crippen molar-refractivity contribution in [1.82, 2.24) is 14.8 Å². The summed E-state index contributed by atoms with van der Waals surface area (Å²) in [5, 5.41) is 3.03. The molecule has 0 aliphatic carbocycles. The number of nitrogens with one attached hydrogen (secondary N) is 1. The minimum absolute atomic E-state index is 0.533. The van der Waals surface area contributed by atoms with E-state index in [9.17, 15) is 0 Å². The first-order valence-corrected chi connectivity index (χ1v) is 4.95. The zero-order chi connectivity index (χ0) is 9.97. The summed E-state index contributed by atoms with van der Waals surface area (Å²) < 4.78 is 2.45. The van der Waals surface area contributed by atoms with Crippen LogP contribution < -0.4 is 0 Å². The normalized spacial score (nSPS) is 10.4. The molecule has 1 heterocycles. The molecular formula is C10H11N3S. The Morgan fingerprint density at radius 2 is 2.07 bits per heavy atom. The number of rotatable bonds is 2. The number of nitrogens with zero attached hydrogens (tertiary/aromatic N) is 2. The molecule has 1 N–H and O–H groups in total. The van der Waals surface area contributed by atoms with Crippen molar-refractivity contribution in [3.8, 4) is 5.69 Å². The molecule has 0 atom stereocenters. The van der Waals surface area contributed by atoms with E-state index in [1.165, 1.54) is 0 Å². The van der Waals surface area contributed by atoms with E-state index in [0.717, 1.165) is 17.9 Å². The van der Waals surface area contributed by atoms with E-state index >= 15 is 0 Å². The van der Waals surface area contributed by atoms with Gasteiger partial charge in [-0.2, -0.15) is 0 Å². The van der Waals surface area contributed by atoms with Gasteiger partial charge in [0, 0.05) is 6.42 Å². The maximum absolute atomic E-state index is 5.00. The van der Waals surface area contributed by atoms with Crippen LogP contribution in [0.3, 0.4) is 0 Å². The topological polar surface area (TPSA) is 33.6 Å². The summed E-state index contributed by atoms with van der Waals surface area (Å²) in [4.78, 5) is 4.23. The fourth-order valence-corrected chi connectivity index (χ4v) is 1.58. The lowest BCUT2D eigenvalue weighted by atomic mass is 10.3. The fourth-order valence-electron chi connectivity index (χ4n) is 1.38. The first-order valence-electron chi connectivity index (χ1n) is 4.54. The predicted octanol–water partition coefficient (Wildman–Crippen LogP) is 2.49. The Kier molecular flexibility index (Phi) is 2.45. The van der Waals surface area contributed by atoms with Crippen molar-refractivity contribution in [2.45, 2.75) is 13.3 Å². The van der Waals surface area contributed by atoms with E-state index < -0.39 is 0 Å². The van der Waals surface area contributed by atoms with E-state index in [4.69, 9.17) is 12.2 Å². The van der Waals surface area contributed by atoms with E-state index in [2.05, 4.69) is 17.0 Å². The van der Waals surface area contributed by atoms with Gasteiger partial charge in [-0.3, -0.25) is 5.10 Å². The number of H-pyrrole nitrogens is 1. The van der Waals surface area contributed by atoms with Gasteiger partial charge in [-0.05, 0) is 24.4 Å². The molecule has 0 saturated carbocycles. The molecule has 2 rings (SSSR count). The first-order chi connectivity index (χ1) is 6.81. The highest BCUT2D eigenvalue weighted by Crippen LogP contribution is 2.08. The molecule has 0 spiro atoms. The summed E-state index contributed by atoms with van der Waals surface area (Å²) in [5.41, 5.74) is 1.06. The van der Waals surface area contributed by atoms with Crippen LogP contribution in [0.5, 0.6) is 0 Å². The molecule has 0 saturated heterocycles. The zero-order valence-corrected chi connectivity index (χ0v) is 8.71. The Morgan fingerprint density at radius 3 is 2.71 bits per heavy atom. The molecule has 0 fully saturated rings. The van der Waals surface area contributed by atoms with Gasteiger partial charge in [0.1, 0.15) is 5.82 Å². The van der Waals surface area contributed by atoms with Crippen LogP contribution in [-0.2, 0) is 6.42 Å². The third-order valence-electron chi connectivity index (χ3n) is 2.03. The van der Waals surface area contributed by atoms with Crippen LogP contribution in [0.2, 0.25) is 0 Å². The van der Waals surface area contributed by atoms with Gasteiger partial charge in [0.05, 0.1) is 5.69 Å². The Bertz CT molecular complexity index is 470. The van der Waals surface area contributed by atoms with Crippen LogP contribution in [0.15, 0.2) is 30.3 Å². The van der Waals surface area contributed by atoms with Gasteiger partial charge in [-0.15, -0.1) is 0 Å². The van der Waals surface area contributed by atoms with Crippen molar-refractivity contribution in [3.63, 3.8) is 0 Å². The SMILES string of the molecule is CCc1nc(=S)[nH]n1-c1ccccc1. The second-order valence-electron chi connectivity index (χ2n) is 2.97. The monoisotopic (exact) mass is 205 g/mol. The molecule has 14 heavy (non-hydrogen) atoms. The highest BCUT2D eigenvalue weighted by Gasteiger charge is 2.03. The molecule has 0 bridgehead atoms. The summed E-state index contributed by atoms with van der Waals surface area (Å²) in [7, 11) is 0. The number of benzene rings is 1. The van der Waals surface area contributed by atoms with Gasteiger partial charge in [-0.25, -0.2) is 9.67 Å². The minimum atomic E-state index is 0.533.